The monoisotopic (exact) mass is 180 g/mol. The number of nitrogen functional groups attached to an aromatic ring is 1. The molecule has 1 aromatic heterocycles. The van der Waals surface area contributed by atoms with E-state index in [1.807, 2.05) is 13.0 Å². The van der Waals surface area contributed by atoms with Gasteiger partial charge in [-0.1, -0.05) is 13.8 Å². The summed E-state index contributed by atoms with van der Waals surface area (Å²) in [4.78, 5) is 4.10. The maximum absolute atomic E-state index is 5.72. The molecule has 2 N–H and O–H groups in total. The fourth-order valence-electron chi connectivity index (χ4n) is 0.945. The molecular weight excluding hydrogens is 164 g/mol. The highest BCUT2D eigenvalue weighted by Crippen LogP contribution is 2.18. The number of aryl methyl sites for hydroxylation is 1. The summed E-state index contributed by atoms with van der Waals surface area (Å²) < 4.78 is 5.42. The van der Waals surface area contributed by atoms with Crippen LogP contribution in [0.1, 0.15) is 19.4 Å². The number of rotatable bonds is 3. The van der Waals surface area contributed by atoms with Gasteiger partial charge in [0, 0.05) is 6.20 Å². The molecule has 0 fully saturated rings. The van der Waals surface area contributed by atoms with Crippen LogP contribution >= 0.6 is 0 Å². The number of ether oxygens (including phenoxy) is 1. The van der Waals surface area contributed by atoms with Crippen molar-refractivity contribution in [1.29, 1.82) is 0 Å². The molecule has 3 heteroatoms. The van der Waals surface area contributed by atoms with Crippen LogP contribution in [0.15, 0.2) is 12.3 Å². The van der Waals surface area contributed by atoms with Gasteiger partial charge in [-0.05, 0) is 24.5 Å². The lowest BCUT2D eigenvalue weighted by molar-refractivity contribution is 0.263. The number of anilines is 1. The topological polar surface area (TPSA) is 48.1 Å². The first-order chi connectivity index (χ1) is 6.09. The second kappa shape index (κ2) is 4.12. The van der Waals surface area contributed by atoms with E-state index >= 15 is 0 Å². The first-order valence-electron chi connectivity index (χ1n) is 4.44. The van der Waals surface area contributed by atoms with Gasteiger partial charge in [-0.25, -0.2) is 4.98 Å². The fourth-order valence-corrected chi connectivity index (χ4v) is 0.945. The Hall–Kier alpha value is -1.25. The van der Waals surface area contributed by atoms with Crippen LogP contribution in [0, 0.1) is 12.8 Å². The quantitative estimate of drug-likeness (QED) is 0.774. The van der Waals surface area contributed by atoms with Gasteiger partial charge in [-0.3, -0.25) is 0 Å². The Bertz CT molecular complexity index is 284. The van der Waals surface area contributed by atoms with Crippen molar-refractivity contribution in [3.63, 3.8) is 0 Å². The molecule has 0 atom stereocenters. The summed E-state index contributed by atoms with van der Waals surface area (Å²) in [5.41, 5.74) is 7.38. The third kappa shape index (κ3) is 2.93. The summed E-state index contributed by atoms with van der Waals surface area (Å²) in [5.74, 6) is 1.03. The molecule has 0 saturated carbocycles. The predicted molar refractivity (Wildman–Crippen MR) is 53.7 cm³/mol. The number of nitrogens with two attached hydrogens (primary N) is 1. The first-order valence-corrected chi connectivity index (χ1v) is 4.44. The van der Waals surface area contributed by atoms with E-state index in [0.29, 0.717) is 24.1 Å². The molecule has 0 spiro atoms. The molecule has 0 amide bonds. The molecule has 0 radical (unpaired) electrons. The average Bonchev–Trinajstić information content (AvgIpc) is 2.02. The van der Waals surface area contributed by atoms with Gasteiger partial charge in [0.05, 0.1) is 12.3 Å². The van der Waals surface area contributed by atoms with E-state index in [1.165, 1.54) is 0 Å². The van der Waals surface area contributed by atoms with E-state index in [9.17, 15) is 0 Å². The summed E-state index contributed by atoms with van der Waals surface area (Å²) in [6.45, 7) is 6.78. The average molecular weight is 180 g/mol. The normalized spacial score (nSPS) is 10.5. The van der Waals surface area contributed by atoms with Crippen LogP contribution in [0.3, 0.4) is 0 Å². The summed E-state index contributed by atoms with van der Waals surface area (Å²) >= 11 is 0. The van der Waals surface area contributed by atoms with Crippen molar-refractivity contribution < 1.29 is 4.74 Å². The minimum atomic E-state index is 0.488. The molecule has 0 unspecified atom stereocenters. The molecule has 0 aliphatic heterocycles. The summed E-state index contributed by atoms with van der Waals surface area (Å²) in [5, 5.41) is 0. The highest BCUT2D eigenvalue weighted by Gasteiger charge is 2.02. The lowest BCUT2D eigenvalue weighted by Crippen LogP contribution is -2.07. The molecule has 3 nitrogen and oxygen atoms in total. The highest BCUT2D eigenvalue weighted by atomic mass is 16.5. The molecular formula is C10H16N2O. The van der Waals surface area contributed by atoms with Crippen molar-refractivity contribution in [2.75, 3.05) is 12.3 Å². The molecule has 0 saturated heterocycles. The van der Waals surface area contributed by atoms with Crippen molar-refractivity contribution in [2.45, 2.75) is 20.8 Å². The van der Waals surface area contributed by atoms with Gasteiger partial charge in [-0.2, -0.15) is 0 Å². The third-order valence-electron chi connectivity index (χ3n) is 1.57. The minimum Gasteiger partial charge on any atom is -0.476 e. The van der Waals surface area contributed by atoms with Crippen molar-refractivity contribution in [1.82, 2.24) is 4.98 Å². The smallest absolute Gasteiger partial charge is 0.237 e. The summed E-state index contributed by atoms with van der Waals surface area (Å²) in [6.07, 6.45) is 1.76. The number of nitrogens with zero attached hydrogens (tertiary/aromatic N) is 1. The van der Waals surface area contributed by atoms with Gasteiger partial charge in [-0.15, -0.1) is 0 Å². The van der Waals surface area contributed by atoms with Gasteiger partial charge in [0.2, 0.25) is 5.88 Å². The Kier molecular flexibility index (Phi) is 3.12. The lowest BCUT2D eigenvalue weighted by Gasteiger charge is -2.09. The third-order valence-corrected chi connectivity index (χ3v) is 1.57. The van der Waals surface area contributed by atoms with E-state index in [1.54, 1.807) is 6.20 Å². The van der Waals surface area contributed by atoms with E-state index < -0.39 is 0 Å². The molecule has 0 aromatic carbocycles. The molecule has 72 valence electrons. The van der Waals surface area contributed by atoms with Crippen LogP contribution in [-0.4, -0.2) is 11.6 Å². The van der Waals surface area contributed by atoms with Crippen molar-refractivity contribution in [2.24, 2.45) is 5.92 Å². The zero-order chi connectivity index (χ0) is 9.84. The van der Waals surface area contributed by atoms with Crippen molar-refractivity contribution in [3.8, 4) is 5.88 Å². The molecule has 1 heterocycles. The van der Waals surface area contributed by atoms with Gasteiger partial charge in [0.15, 0.2) is 0 Å². The summed E-state index contributed by atoms with van der Waals surface area (Å²) in [7, 11) is 0. The molecule has 0 aliphatic rings. The van der Waals surface area contributed by atoms with Crippen LogP contribution in [0.2, 0.25) is 0 Å². The maximum atomic E-state index is 5.72. The number of pyridine rings is 1. The Morgan fingerprint density at radius 3 is 2.77 bits per heavy atom. The Morgan fingerprint density at radius 1 is 1.54 bits per heavy atom. The second-order valence-corrected chi connectivity index (χ2v) is 3.61. The summed E-state index contributed by atoms with van der Waals surface area (Å²) in [6, 6.07) is 1.86. The zero-order valence-corrected chi connectivity index (χ0v) is 8.37. The number of hydrogen-bond acceptors (Lipinski definition) is 3. The second-order valence-electron chi connectivity index (χ2n) is 3.61. The molecule has 1 aromatic rings. The van der Waals surface area contributed by atoms with Crippen molar-refractivity contribution >= 4 is 5.69 Å². The van der Waals surface area contributed by atoms with Gasteiger partial charge in [0.1, 0.15) is 0 Å². The van der Waals surface area contributed by atoms with Crippen LogP contribution in [0.25, 0.3) is 0 Å². The van der Waals surface area contributed by atoms with Crippen molar-refractivity contribution in [3.05, 3.63) is 17.8 Å². The Balaban J connectivity index is 2.67. The van der Waals surface area contributed by atoms with Crippen LogP contribution in [0.4, 0.5) is 5.69 Å². The standard InChI is InChI=1S/C10H16N2O/c1-7(2)6-13-10-9(11)4-8(3)5-12-10/h4-5,7H,6,11H2,1-3H3. The van der Waals surface area contributed by atoms with E-state index in [-0.39, 0.29) is 0 Å². The number of hydrogen-bond donors (Lipinski definition) is 1. The fraction of sp³-hybridized carbons (Fsp3) is 0.500. The molecule has 13 heavy (non-hydrogen) atoms. The van der Waals surface area contributed by atoms with E-state index in [4.69, 9.17) is 10.5 Å². The lowest BCUT2D eigenvalue weighted by atomic mass is 10.2. The molecule has 0 aliphatic carbocycles. The Morgan fingerprint density at radius 2 is 2.23 bits per heavy atom. The van der Waals surface area contributed by atoms with Gasteiger partial charge in [0.25, 0.3) is 0 Å². The maximum Gasteiger partial charge on any atom is 0.237 e. The SMILES string of the molecule is Cc1cnc(OCC(C)C)c(N)c1. The van der Waals surface area contributed by atoms with Crippen LogP contribution in [0.5, 0.6) is 5.88 Å². The molecule has 0 bridgehead atoms. The minimum absolute atomic E-state index is 0.488. The largest absolute Gasteiger partial charge is 0.476 e. The highest BCUT2D eigenvalue weighted by molar-refractivity contribution is 5.49. The van der Waals surface area contributed by atoms with Crippen LogP contribution in [-0.2, 0) is 0 Å². The first kappa shape index (κ1) is 9.84. The van der Waals surface area contributed by atoms with E-state index in [0.717, 1.165) is 5.56 Å². The zero-order valence-electron chi connectivity index (χ0n) is 8.37. The van der Waals surface area contributed by atoms with Gasteiger partial charge >= 0.3 is 0 Å². The van der Waals surface area contributed by atoms with Gasteiger partial charge < -0.3 is 10.5 Å². The number of aromatic nitrogens is 1. The van der Waals surface area contributed by atoms with E-state index in [2.05, 4.69) is 18.8 Å². The molecule has 1 rings (SSSR count). The van der Waals surface area contributed by atoms with Crippen LogP contribution < -0.4 is 10.5 Å². The Labute approximate surface area is 78.9 Å². The predicted octanol–water partition coefficient (Wildman–Crippen LogP) is 2.01.